The van der Waals surface area contributed by atoms with E-state index in [1.54, 1.807) is 0 Å². The van der Waals surface area contributed by atoms with Crippen LogP contribution in [-0.4, -0.2) is 46.3 Å². The molecule has 3 aromatic rings. The Labute approximate surface area is 199 Å². The zero-order valence-corrected chi connectivity index (χ0v) is 19.5. The monoisotopic (exact) mass is 461 g/mol. The second-order valence-electron chi connectivity index (χ2n) is 10.6. The number of fused-ring (bicyclic) bond motifs is 3. The van der Waals surface area contributed by atoms with Crippen LogP contribution < -0.4 is 0 Å². The van der Waals surface area contributed by atoms with Gasteiger partial charge in [-0.15, -0.1) is 0 Å². The molecule has 4 heterocycles. The summed E-state index contributed by atoms with van der Waals surface area (Å²) in [7, 11) is 0. The average Bonchev–Trinajstić information content (AvgIpc) is 3.44. The second kappa shape index (κ2) is 8.81. The van der Waals surface area contributed by atoms with Crippen LogP contribution in [0.1, 0.15) is 49.7 Å². The van der Waals surface area contributed by atoms with Crippen LogP contribution in [0.15, 0.2) is 48.7 Å². The maximum atomic E-state index is 14.2. The topological polar surface area (TPSA) is 58.2 Å². The van der Waals surface area contributed by atoms with Gasteiger partial charge < -0.3 is 9.64 Å². The summed E-state index contributed by atoms with van der Waals surface area (Å²) in [6, 6.07) is 13.7. The molecule has 1 aromatic heterocycles. The minimum absolute atomic E-state index is 0.234. The van der Waals surface area contributed by atoms with E-state index in [0.29, 0.717) is 43.5 Å². The van der Waals surface area contributed by atoms with Gasteiger partial charge in [0.2, 0.25) is 5.91 Å². The third-order valence-corrected chi connectivity index (χ3v) is 8.51. The van der Waals surface area contributed by atoms with Crippen molar-refractivity contribution < 1.29 is 13.9 Å². The fourth-order valence-electron chi connectivity index (χ4n) is 6.80. The third kappa shape index (κ3) is 3.92. The quantitative estimate of drug-likeness (QED) is 0.578. The van der Waals surface area contributed by atoms with E-state index in [1.165, 1.54) is 23.1 Å². The minimum atomic E-state index is -0.438. The lowest BCUT2D eigenvalue weighted by Crippen LogP contribution is -2.55. The molecular weight excluding hydrogens is 429 g/mol. The van der Waals surface area contributed by atoms with E-state index < -0.39 is 5.41 Å². The Morgan fingerprint density at radius 1 is 1.09 bits per heavy atom. The molecule has 3 saturated heterocycles. The minimum Gasteiger partial charge on any atom is -0.381 e. The van der Waals surface area contributed by atoms with Crippen molar-refractivity contribution in [3.05, 3.63) is 65.6 Å². The number of halogens is 1. The van der Waals surface area contributed by atoms with Crippen LogP contribution in [0.25, 0.3) is 10.9 Å². The molecule has 34 heavy (non-hydrogen) atoms. The van der Waals surface area contributed by atoms with E-state index in [1.807, 2.05) is 18.3 Å². The standard InChI is InChI=1S/C28H32FN3O2/c29-22-6-4-19(5-7-22)17-28(10-12-34-13-11-28)27(33)32-23-8-9-24(32)16-20(15-23)14-21-2-1-3-26-25(21)18-30-31-26/h1-7,18,20,23-24H,8-17H2,(H,30,31)/t23-,24-/m0/s1. The molecule has 0 saturated carbocycles. The Balaban J connectivity index is 1.21. The maximum absolute atomic E-state index is 14.2. The molecule has 0 spiro atoms. The first-order chi connectivity index (χ1) is 16.6. The molecule has 6 heteroatoms. The molecular formula is C28H32FN3O2. The average molecular weight is 462 g/mol. The van der Waals surface area contributed by atoms with Gasteiger partial charge in [-0.1, -0.05) is 24.3 Å². The molecule has 0 unspecified atom stereocenters. The van der Waals surface area contributed by atoms with Gasteiger partial charge in [0.25, 0.3) is 0 Å². The number of nitrogens with zero attached hydrogens (tertiary/aromatic N) is 2. The summed E-state index contributed by atoms with van der Waals surface area (Å²) in [6.45, 7) is 1.24. The van der Waals surface area contributed by atoms with Gasteiger partial charge in [-0.05, 0) is 86.6 Å². The van der Waals surface area contributed by atoms with Crippen LogP contribution in [-0.2, 0) is 22.4 Å². The SMILES string of the molecule is O=C(N1[C@H]2CC[C@H]1CC(Cc1cccc3[nH]ncc13)C2)C1(Cc2ccc(F)cc2)CCOCC1. The van der Waals surface area contributed by atoms with Crippen LogP contribution in [0, 0.1) is 17.2 Å². The number of carbonyl (C=O) groups is 1. The molecule has 1 N–H and O–H groups in total. The highest BCUT2D eigenvalue weighted by Gasteiger charge is 2.50. The largest absolute Gasteiger partial charge is 0.381 e. The number of nitrogens with one attached hydrogen (secondary N) is 1. The van der Waals surface area contributed by atoms with Crippen molar-refractivity contribution in [1.82, 2.24) is 15.1 Å². The summed E-state index contributed by atoms with van der Waals surface area (Å²) in [5.41, 5.74) is 3.04. The third-order valence-electron chi connectivity index (χ3n) is 8.51. The van der Waals surface area contributed by atoms with Crippen molar-refractivity contribution in [1.29, 1.82) is 0 Å². The number of piperidine rings is 1. The number of amides is 1. The van der Waals surface area contributed by atoms with Gasteiger partial charge >= 0.3 is 0 Å². The molecule has 178 valence electrons. The van der Waals surface area contributed by atoms with Crippen LogP contribution in [0.4, 0.5) is 4.39 Å². The number of rotatable bonds is 5. The fourth-order valence-corrected chi connectivity index (χ4v) is 6.80. The van der Waals surface area contributed by atoms with Crippen molar-refractivity contribution in [3.8, 4) is 0 Å². The van der Waals surface area contributed by atoms with Gasteiger partial charge in [0, 0.05) is 30.7 Å². The summed E-state index contributed by atoms with van der Waals surface area (Å²) >= 11 is 0. The van der Waals surface area contributed by atoms with Gasteiger partial charge in [-0.25, -0.2) is 4.39 Å². The Kier molecular flexibility index (Phi) is 5.64. The van der Waals surface area contributed by atoms with Crippen molar-refractivity contribution >= 4 is 16.8 Å². The normalized spacial score (nSPS) is 26.1. The number of benzene rings is 2. The Morgan fingerprint density at radius 3 is 2.56 bits per heavy atom. The summed E-state index contributed by atoms with van der Waals surface area (Å²) in [6.07, 6.45) is 9.47. The van der Waals surface area contributed by atoms with Crippen LogP contribution in [0.5, 0.6) is 0 Å². The van der Waals surface area contributed by atoms with Gasteiger partial charge in [-0.2, -0.15) is 5.10 Å². The van der Waals surface area contributed by atoms with E-state index >= 15 is 0 Å². The molecule has 2 atom stereocenters. The highest BCUT2D eigenvalue weighted by atomic mass is 19.1. The van der Waals surface area contributed by atoms with Crippen molar-refractivity contribution in [2.45, 2.75) is 63.5 Å². The molecule has 0 radical (unpaired) electrons. The first-order valence-corrected chi connectivity index (χ1v) is 12.7. The number of H-pyrrole nitrogens is 1. The van der Waals surface area contributed by atoms with Gasteiger partial charge in [0.05, 0.1) is 17.1 Å². The fraction of sp³-hybridized carbons (Fsp3) is 0.500. The van der Waals surface area contributed by atoms with Crippen molar-refractivity contribution in [2.24, 2.45) is 11.3 Å². The second-order valence-corrected chi connectivity index (χ2v) is 10.6. The lowest BCUT2D eigenvalue weighted by atomic mass is 9.73. The number of hydrogen-bond acceptors (Lipinski definition) is 3. The van der Waals surface area contributed by atoms with Crippen LogP contribution >= 0.6 is 0 Å². The Morgan fingerprint density at radius 2 is 1.82 bits per heavy atom. The molecule has 1 amide bonds. The molecule has 2 aromatic carbocycles. The van der Waals surface area contributed by atoms with Crippen LogP contribution in [0.2, 0.25) is 0 Å². The molecule has 0 aliphatic carbocycles. The number of aromatic amines is 1. The maximum Gasteiger partial charge on any atom is 0.229 e. The Bertz CT molecular complexity index is 1150. The molecule has 3 aliphatic rings. The predicted octanol–water partition coefficient (Wildman–Crippen LogP) is 5.05. The van der Waals surface area contributed by atoms with Gasteiger partial charge in [0.1, 0.15) is 5.82 Å². The van der Waals surface area contributed by atoms with E-state index in [2.05, 4.69) is 33.3 Å². The number of ether oxygens (including phenoxy) is 1. The first kappa shape index (κ1) is 21.8. The van der Waals surface area contributed by atoms with E-state index in [4.69, 9.17) is 4.74 Å². The Hall–Kier alpha value is -2.73. The van der Waals surface area contributed by atoms with Gasteiger partial charge in [-0.3, -0.25) is 9.89 Å². The van der Waals surface area contributed by atoms with E-state index in [0.717, 1.165) is 56.0 Å². The van der Waals surface area contributed by atoms with Gasteiger partial charge in [0.15, 0.2) is 0 Å². The smallest absolute Gasteiger partial charge is 0.229 e. The lowest BCUT2D eigenvalue weighted by Gasteiger charge is -2.46. The highest BCUT2D eigenvalue weighted by molar-refractivity contribution is 5.84. The summed E-state index contributed by atoms with van der Waals surface area (Å²) in [4.78, 5) is 16.5. The molecule has 5 nitrogen and oxygen atoms in total. The van der Waals surface area contributed by atoms with E-state index in [-0.39, 0.29) is 5.82 Å². The summed E-state index contributed by atoms with van der Waals surface area (Å²) < 4.78 is 19.1. The zero-order valence-electron chi connectivity index (χ0n) is 19.5. The number of carbonyl (C=O) groups excluding carboxylic acids is 1. The van der Waals surface area contributed by atoms with Crippen molar-refractivity contribution in [3.63, 3.8) is 0 Å². The lowest BCUT2D eigenvalue weighted by molar-refractivity contribution is -0.153. The molecule has 3 fully saturated rings. The molecule has 3 aliphatic heterocycles. The number of aromatic nitrogens is 2. The van der Waals surface area contributed by atoms with E-state index in [9.17, 15) is 9.18 Å². The highest BCUT2D eigenvalue weighted by Crippen LogP contribution is 2.45. The van der Waals surface area contributed by atoms with Crippen molar-refractivity contribution in [2.75, 3.05) is 13.2 Å². The molecule has 6 rings (SSSR count). The molecule has 2 bridgehead atoms. The van der Waals surface area contributed by atoms with Crippen LogP contribution in [0.3, 0.4) is 0 Å². The summed E-state index contributed by atoms with van der Waals surface area (Å²) in [5, 5.41) is 8.52. The number of hydrogen-bond donors (Lipinski definition) is 1. The zero-order chi connectivity index (χ0) is 23.1. The predicted molar refractivity (Wildman–Crippen MR) is 129 cm³/mol. The first-order valence-electron chi connectivity index (χ1n) is 12.7. The summed E-state index contributed by atoms with van der Waals surface area (Å²) in [5.74, 6) is 0.662.